The van der Waals surface area contributed by atoms with Crippen LogP contribution in [-0.4, -0.2) is 22.1 Å². The first-order valence-electron chi connectivity index (χ1n) is 5.62. The average Bonchev–Trinajstić information content (AvgIpc) is 2.42. The van der Waals surface area contributed by atoms with Gasteiger partial charge in [0.25, 0.3) is 0 Å². The third kappa shape index (κ3) is 2.57. The molecule has 2 aromatic rings. The van der Waals surface area contributed by atoms with E-state index in [0.717, 1.165) is 11.1 Å². The summed E-state index contributed by atoms with van der Waals surface area (Å²) in [7, 11) is 1.75. The Morgan fingerprint density at radius 3 is 2.83 bits per heavy atom. The molecule has 2 N–H and O–H groups in total. The maximum atomic E-state index is 9.24. The van der Waals surface area contributed by atoms with E-state index < -0.39 is 0 Å². The summed E-state index contributed by atoms with van der Waals surface area (Å²) in [6.45, 7) is 1.80. The fourth-order valence-corrected chi connectivity index (χ4v) is 1.49. The number of aromatic nitrogens is 2. The van der Waals surface area contributed by atoms with Crippen LogP contribution in [0.25, 0.3) is 0 Å². The summed E-state index contributed by atoms with van der Waals surface area (Å²) in [5.41, 5.74) is 1.56. The predicted molar refractivity (Wildman–Crippen MR) is 68.8 cm³/mol. The lowest BCUT2D eigenvalue weighted by Gasteiger charge is -2.11. The Morgan fingerprint density at radius 1 is 1.33 bits per heavy atom. The van der Waals surface area contributed by atoms with E-state index in [-0.39, 0.29) is 6.61 Å². The van der Waals surface area contributed by atoms with E-state index >= 15 is 0 Å². The Hall–Kier alpha value is -2.14. The van der Waals surface area contributed by atoms with Crippen LogP contribution in [0.3, 0.4) is 0 Å². The monoisotopic (exact) mass is 245 g/mol. The van der Waals surface area contributed by atoms with Crippen molar-refractivity contribution in [2.24, 2.45) is 0 Å². The molecule has 1 heterocycles. The third-order valence-electron chi connectivity index (χ3n) is 2.50. The van der Waals surface area contributed by atoms with Gasteiger partial charge in [0.2, 0.25) is 11.8 Å². The summed E-state index contributed by atoms with van der Waals surface area (Å²) in [5, 5.41) is 12.1. The quantitative estimate of drug-likeness (QED) is 0.863. The van der Waals surface area contributed by atoms with Crippen molar-refractivity contribution in [2.75, 3.05) is 12.4 Å². The van der Waals surface area contributed by atoms with E-state index in [1.807, 2.05) is 25.1 Å². The molecule has 0 atom stereocenters. The molecule has 0 saturated heterocycles. The molecule has 1 aromatic carbocycles. The van der Waals surface area contributed by atoms with Gasteiger partial charge in [0.05, 0.1) is 6.61 Å². The number of hydrogen-bond donors (Lipinski definition) is 2. The highest BCUT2D eigenvalue weighted by Crippen LogP contribution is 2.26. The Morgan fingerprint density at radius 2 is 2.11 bits per heavy atom. The average molecular weight is 245 g/mol. The van der Waals surface area contributed by atoms with Gasteiger partial charge in [0.15, 0.2) is 0 Å². The predicted octanol–water partition coefficient (Wildman–Crippen LogP) is 2.11. The van der Waals surface area contributed by atoms with Crippen LogP contribution >= 0.6 is 0 Å². The molecule has 0 amide bonds. The van der Waals surface area contributed by atoms with Crippen LogP contribution in [0.2, 0.25) is 0 Å². The van der Waals surface area contributed by atoms with Gasteiger partial charge in [-0.3, -0.25) is 0 Å². The minimum Gasteiger partial charge on any atom is -0.438 e. The zero-order valence-electron chi connectivity index (χ0n) is 10.3. The first-order chi connectivity index (χ1) is 8.74. The van der Waals surface area contributed by atoms with Crippen molar-refractivity contribution < 1.29 is 9.84 Å². The van der Waals surface area contributed by atoms with Crippen molar-refractivity contribution in [2.45, 2.75) is 13.5 Å². The van der Waals surface area contributed by atoms with Crippen LogP contribution in [0.15, 0.2) is 30.5 Å². The molecular formula is C13H15N3O2. The SMILES string of the molecule is CNc1ncc(C)c(Oc2ccccc2CO)n1. The van der Waals surface area contributed by atoms with Crippen LogP contribution in [0.5, 0.6) is 11.6 Å². The second-order valence-electron chi connectivity index (χ2n) is 3.80. The first kappa shape index (κ1) is 12.3. The molecule has 0 bridgehead atoms. The standard InChI is InChI=1S/C13H15N3O2/c1-9-7-15-13(14-2)16-12(9)18-11-6-4-3-5-10(11)8-17/h3-7,17H,8H2,1-2H3,(H,14,15,16). The van der Waals surface area contributed by atoms with Gasteiger partial charge in [0.1, 0.15) is 5.75 Å². The van der Waals surface area contributed by atoms with Crippen molar-refractivity contribution in [1.29, 1.82) is 0 Å². The smallest absolute Gasteiger partial charge is 0.226 e. The Bertz CT molecular complexity index is 544. The molecule has 94 valence electrons. The molecule has 1 aromatic heterocycles. The number of aryl methyl sites for hydroxylation is 1. The number of para-hydroxylation sites is 1. The summed E-state index contributed by atoms with van der Waals surface area (Å²) in [5.74, 6) is 1.58. The number of benzene rings is 1. The highest BCUT2D eigenvalue weighted by molar-refractivity contribution is 5.39. The maximum Gasteiger partial charge on any atom is 0.226 e. The maximum absolute atomic E-state index is 9.24. The Labute approximate surface area is 105 Å². The fourth-order valence-electron chi connectivity index (χ4n) is 1.49. The molecule has 5 nitrogen and oxygen atoms in total. The number of hydrogen-bond acceptors (Lipinski definition) is 5. The van der Waals surface area contributed by atoms with E-state index in [1.165, 1.54) is 0 Å². The number of nitrogens with zero attached hydrogens (tertiary/aromatic N) is 2. The topological polar surface area (TPSA) is 67.3 Å². The van der Waals surface area contributed by atoms with E-state index in [2.05, 4.69) is 15.3 Å². The van der Waals surface area contributed by atoms with Crippen LogP contribution in [0.4, 0.5) is 5.95 Å². The molecule has 0 unspecified atom stereocenters. The second kappa shape index (κ2) is 5.46. The normalized spacial score (nSPS) is 10.2. The Kier molecular flexibility index (Phi) is 3.74. The van der Waals surface area contributed by atoms with E-state index in [0.29, 0.717) is 17.6 Å². The highest BCUT2D eigenvalue weighted by atomic mass is 16.5. The van der Waals surface area contributed by atoms with Crippen molar-refractivity contribution in [3.63, 3.8) is 0 Å². The van der Waals surface area contributed by atoms with Crippen molar-refractivity contribution >= 4 is 5.95 Å². The van der Waals surface area contributed by atoms with E-state index in [9.17, 15) is 5.11 Å². The molecule has 0 aliphatic carbocycles. The van der Waals surface area contributed by atoms with Gasteiger partial charge in [-0.05, 0) is 13.0 Å². The number of anilines is 1. The van der Waals surface area contributed by atoms with E-state index in [1.54, 1.807) is 19.3 Å². The third-order valence-corrected chi connectivity index (χ3v) is 2.50. The zero-order chi connectivity index (χ0) is 13.0. The number of rotatable bonds is 4. The van der Waals surface area contributed by atoms with Crippen LogP contribution < -0.4 is 10.1 Å². The van der Waals surface area contributed by atoms with Gasteiger partial charge < -0.3 is 15.2 Å². The molecule has 0 saturated carbocycles. The molecule has 0 fully saturated rings. The van der Waals surface area contributed by atoms with Gasteiger partial charge in [-0.25, -0.2) is 4.98 Å². The first-order valence-corrected chi connectivity index (χ1v) is 5.62. The van der Waals surface area contributed by atoms with Crippen molar-refractivity contribution in [3.8, 4) is 11.6 Å². The van der Waals surface area contributed by atoms with Crippen LogP contribution in [0, 0.1) is 6.92 Å². The molecule has 2 rings (SSSR count). The van der Waals surface area contributed by atoms with Crippen LogP contribution in [0.1, 0.15) is 11.1 Å². The summed E-state index contributed by atoms with van der Waals surface area (Å²) in [4.78, 5) is 8.33. The lowest BCUT2D eigenvalue weighted by Crippen LogP contribution is -2.00. The van der Waals surface area contributed by atoms with Crippen LogP contribution in [-0.2, 0) is 6.61 Å². The number of aliphatic hydroxyl groups excluding tert-OH is 1. The lowest BCUT2D eigenvalue weighted by atomic mass is 10.2. The zero-order valence-corrected chi connectivity index (χ0v) is 10.3. The number of nitrogens with one attached hydrogen (secondary N) is 1. The molecule has 18 heavy (non-hydrogen) atoms. The summed E-state index contributed by atoms with van der Waals surface area (Å²) in [6.07, 6.45) is 1.69. The highest BCUT2D eigenvalue weighted by Gasteiger charge is 2.08. The molecule has 0 aliphatic rings. The van der Waals surface area contributed by atoms with E-state index in [4.69, 9.17) is 4.74 Å². The second-order valence-corrected chi connectivity index (χ2v) is 3.80. The van der Waals surface area contributed by atoms with Gasteiger partial charge in [0, 0.05) is 24.4 Å². The van der Waals surface area contributed by atoms with Gasteiger partial charge in [-0.15, -0.1) is 0 Å². The molecule has 0 spiro atoms. The van der Waals surface area contributed by atoms with Crippen molar-refractivity contribution in [1.82, 2.24) is 9.97 Å². The number of aliphatic hydroxyl groups is 1. The fraction of sp³-hybridized carbons (Fsp3) is 0.231. The molecule has 5 heteroatoms. The summed E-state index contributed by atoms with van der Waals surface area (Å²) < 4.78 is 5.72. The minimum absolute atomic E-state index is 0.0702. The summed E-state index contributed by atoms with van der Waals surface area (Å²) >= 11 is 0. The van der Waals surface area contributed by atoms with Gasteiger partial charge in [-0.1, -0.05) is 18.2 Å². The molecule has 0 radical (unpaired) electrons. The summed E-state index contributed by atoms with van der Waals surface area (Å²) in [6, 6.07) is 7.31. The lowest BCUT2D eigenvalue weighted by molar-refractivity contribution is 0.276. The molecular weight excluding hydrogens is 230 g/mol. The van der Waals surface area contributed by atoms with Gasteiger partial charge in [-0.2, -0.15) is 4.98 Å². The minimum atomic E-state index is -0.0702. The van der Waals surface area contributed by atoms with Crippen molar-refractivity contribution in [3.05, 3.63) is 41.6 Å². The molecule has 0 aliphatic heterocycles. The van der Waals surface area contributed by atoms with Gasteiger partial charge >= 0.3 is 0 Å². The largest absolute Gasteiger partial charge is 0.438 e. The Balaban J connectivity index is 2.33. The number of ether oxygens (including phenoxy) is 1.